The zero-order valence-corrected chi connectivity index (χ0v) is 20.7. The molecular formula is C23H21F5N4O4S. The van der Waals surface area contributed by atoms with Crippen molar-refractivity contribution in [3.05, 3.63) is 64.9 Å². The molecule has 0 saturated heterocycles. The molecule has 2 aromatic carbocycles. The molecule has 37 heavy (non-hydrogen) atoms. The normalized spacial score (nSPS) is 13.2. The lowest BCUT2D eigenvalue weighted by Gasteiger charge is -2.17. The number of anilines is 1. The summed E-state index contributed by atoms with van der Waals surface area (Å²) < 4.78 is 99.6. The zero-order chi connectivity index (χ0) is 27.7. The number of amides is 1. The van der Waals surface area contributed by atoms with Gasteiger partial charge in [-0.3, -0.25) is 4.79 Å². The summed E-state index contributed by atoms with van der Waals surface area (Å²) in [7, 11) is -3.16. The largest absolute Gasteiger partial charge is 0.488 e. The highest BCUT2D eigenvalue weighted by Gasteiger charge is 2.38. The second kappa shape index (κ2) is 10.3. The number of benzene rings is 2. The Morgan fingerprint density at radius 3 is 2.30 bits per heavy atom. The molecule has 0 unspecified atom stereocenters. The fourth-order valence-electron chi connectivity index (χ4n) is 3.16. The number of carbonyl (C=O) groups is 1. The van der Waals surface area contributed by atoms with Gasteiger partial charge in [0.1, 0.15) is 5.56 Å². The number of ether oxygens (including phenoxy) is 2. The molecule has 0 aliphatic rings. The van der Waals surface area contributed by atoms with E-state index in [1.807, 2.05) is 0 Å². The minimum absolute atomic E-state index is 0.00691. The van der Waals surface area contributed by atoms with Gasteiger partial charge < -0.3 is 14.8 Å². The first-order chi connectivity index (χ1) is 17.1. The van der Waals surface area contributed by atoms with Crippen molar-refractivity contribution in [2.75, 3.05) is 11.6 Å². The second-order valence-corrected chi connectivity index (χ2v) is 10.3. The lowest BCUT2D eigenvalue weighted by molar-refractivity contribution is -0.142. The molecule has 0 aliphatic heterocycles. The number of hydrogen-bond acceptors (Lipinski definition) is 7. The molecule has 0 radical (unpaired) electrons. The van der Waals surface area contributed by atoms with E-state index in [-0.39, 0.29) is 10.6 Å². The van der Waals surface area contributed by atoms with E-state index in [2.05, 4.69) is 15.5 Å². The van der Waals surface area contributed by atoms with Gasteiger partial charge in [0.15, 0.2) is 17.2 Å². The van der Waals surface area contributed by atoms with Gasteiger partial charge in [-0.25, -0.2) is 8.99 Å². The lowest BCUT2D eigenvalue weighted by Crippen LogP contribution is -2.21. The Hall–Kier alpha value is -3.81. The average Bonchev–Trinajstić information content (AvgIpc) is 2.77. The average molecular weight is 545 g/mol. The van der Waals surface area contributed by atoms with Crippen LogP contribution in [0.4, 0.5) is 27.6 Å². The molecule has 1 amide bonds. The number of hydrogen-bond donors (Lipinski definition) is 2. The van der Waals surface area contributed by atoms with Crippen LogP contribution < -0.4 is 14.8 Å². The van der Waals surface area contributed by atoms with Crippen molar-refractivity contribution in [3.63, 3.8) is 0 Å². The Morgan fingerprint density at radius 1 is 1.08 bits per heavy atom. The highest BCUT2D eigenvalue weighted by atomic mass is 32.2. The zero-order valence-electron chi connectivity index (χ0n) is 19.9. The monoisotopic (exact) mass is 544 g/mol. The fraction of sp³-hybridized carbons (Fsp3) is 0.261. The Balaban J connectivity index is 2.08. The number of alkyl halides is 3. The number of aromatic nitrogens is 2. The maximum atomic E-state index is 14.6. The fourth-order valence-corrected chi connectivity index (χ4v) is 3.85. The Kier molecular flexibility index (Phi) is 7.72. The summed E-state index contributed by atoms with van der Waals surface area (Å²) in [4.78, 5) is 13.1. The molecular weight excluding hydrogens is 523 g/mol. The predicted octanol–water partition coefficient (Wildman–Crippen LogP) is 5.95. The molecule has 198 valence electrons. The van der Waals surface area contributed by atoms with Crippen LogP contribution in [-0.4, -0.2) is 32.7 Å². The molecule has 1 heterocycles. The van der Waals surface area contributed by atoms with Crippen molar-refractivity contribution in [1.82, 2.24) is 10.2 Å². The third kappa shape index (κ3) is 6.31. The van der Waals surface area contributed by atoms with Crippen molar-refractivity contribution in [3.8, 4) is 17.4 Å². The molecule has 1 aromatic heterocycles. The molecule has 0 fully saturated rings. The SMILES string of the molecule is Cc1c(C(F)(F)F)nnc(Oc2ccc(OC(C)C)c(F)c2F)c1C(=O)Nc1cccc([S@](C)(=N)=O)c1. The number of nitrogens with zero attached hydrogens (tertiary/aromatic N) is 2. The van der Waals surface area contributed by atoms with E-state index in [4.69, 9.17) is 14.3 Å². The van der Waals surface area contributed by atoms with Gasteiger partial charge in [0.2, 0.25) is 11.6 Å². The minimum Gasteiger partial charge on any atom is -0.488 e. The first-order valence-electron chi connectivity index (χ1n) is 10.5. The van der Waals surface area contributed by atoms with E-state index in [1.165, 1.54) is 24.3 Å². The lowest BCUT2D eigenvalue weighted by atomic mass is 10.1. The van der Waals surface area contributed by atoms with Crippen molar-refractivity contribution in [2.24, 2.45) is 0 Å². The summed E-state index contributed by atoms with van der Waals surface area (Å²) >= 11 is 0. The van der Waals surface area contributed by atoms with Gasteiger partial charge in [-0.05, 0) is 56.7 Å². The van der Waals surface area contributed by atoms with E-state index < -0.39 is 73.8 Å². The summed E-state index contributed by atoms with van der Waals surface area (Å²) in [6.45, 7) is 4.12. The Bertz CT molecular complexity index is 1460. The second-order valence-electron chi connectivity index (χ2n) is 8.14. The Labute approximate surface area is 208 Å². The van der Waals surface area contributed by atoms with E-state index in [0.717, 1.165) is 25.3 Å². The summed E-state index contributed by atoms with van der Waals surface area (Å²) in [5.74, 6) is -6.12. The number of halogens is 5. The van der Waals surface area contributed by atoms with Crippen LogP contribution in [-0.2, 0) is 15.9 Å². The van der Waals surface area contributed by atoms with E-state index in [9.17, 15) is 31.0 Å². The first kappa shape index (κ1) is 27.8. The van der Waals surface area contributed by atoms with Crippen molar-refractivity contribution in [2.45, 2.75) is 37.9 Å². The van der Waals surface area contributed by atoms with Crippen LogP contribution in [0.3, 0.4) is 0 Å². The van der Waals surface area contributed by atoms with Crippen LogP contribution in [0, 0.1) is 23.3 Å². The molecule has 8 nitrogen and oxygen atoms in total. The van der Waals surface area contributed by atoms with Crippen LogP contribution >= 0.6 is 0 Å². The van der Waals surface area contributed by atoms with Gasteiger partial charge in [0.25, 0.3) is 11.8 Å². The molecule has 14 heteroatoms. The molecule has 3 aromatic rings. The van der Waals surface area contributed by atoms with Crippen LogP contribution in [0.15, 0.2) is 41.3 Å². The third-order valence-electron chi connectivity index (χ3n) is 4.80. The van der Waals surface area contributed by atoms with Gasteiger partial charge in [0.05, 0.1) is 15.8 Å². The number of nitrogens with one attached hydrogen (secondary N) is 2. The van der Waals surface area contributed by atoms with Crippen molar-refractivity contribution >= 4 is 21.3 Å². The Morgan fingerprint density at radius 2 is 1.70 bits per heavy atom. The van der Waals surface area contributed by atoms with Crippen molar-refractivity contribution in [1.29, 1.82) is 4.78 Å². The molecule has 0 spiro atoms. The van der Waals surface area contributed by atoms with E-state index >= 15 is 0 Å². The topological polar surface area (TPSA) is 114 Å². The quantitative estimate of drug-likeness (QED) is 0.356. The maximum absolute atomic E-state index is 14.6. The van der Waals surface area contributed by atoms with Gasteiger partial charge in [-0.15, -0.1) is 10.2 Å². The van der Waals surface area contributed by atoms with Crippen LogP contribution in [0.1, 0.15) is 35.5 Å². The summed E-state index contributed by atoms with van der Waals surface area (Å²) in [6.07, 6.45) is -4.32. The molecule has 0 aliphatic carbocycles. The molecule has 0 saturated carbocycles. The molecule has 0 bridgehead atoms. The standard InChI is InChI=1S/C23H21F5N4O4S/c1-11(2)35-15-8-9-16(19(25)18(15)24)36-22-17(12(3)20(31-32-22)23(26,27)28)21(33)30-13-6-5-7-14(10-13)37(4,29)34/h5-11,29H,1-4H3,(H,30,33)/t37-/m1/s1. The first-order valence-corrected chi connectivity index (χ1v) is 12.5. The van der Waals surface area contributed by atoms with Crippen molar-refractivity contribution < 1.29 is 40.4 Å². The van der Waals surface area contributed by atoms with Crippen LogP contribution in [0.2, 0.25) is 0 Å². The summed E-state index contributed by atoms with van der Waals surface area (Å²) in [6, 6.07) is 7.34. The smallest absolute Gasteiger partial charge is 0.435 e. The maximum Gasteiger partial charge on any atom is 0.435 e. The minimum atomic E-state index is -4.99. The van der Waals surface area contributed by atoms with E-state index in [1.54, 1.807) is 13.8 Å². The van der Waals surface area contributed by atoms with Gasteiger partial charge >= 0.3 is 6.18 Å². The highest BCUT2D eigenvalue weighted by molar-refractivity contribution is 7.91. The molecule has 1 atom stereocenters. The summed E-state index contributed by atoms with van der Waals surface area (Å²) in [5, 5.41) is 8.70. The predicted molar refractivity (Wildman–Crippen MR) is 123 cm³/mol. The van der Waals surface area contributed by atoms with E-state index in [0.29, 0.717) is 0 Å². The van der Waals surface area contributed by atoms with Gasteiger partial charge in [-0.1, -0.05) is 6.07 Å². The highest BCUT2D eigenvalue weighted by Crippen LogP contribution is 2.36. The third-order valence-corrected chi connectivity index (χ3v) is 5.96. The summed E-state index contributed by atoms with van der Waals surface area (Å²) in [5.41, 5.74) is -2.92. The number of carbonyl (C=O) groups excluding carboxylic acids is 1. The van der Waals surface area contributed by atoms with Crippen LogP contribution in [0.5, 0.6) is 17.4 Å². The molecule has 2 N–H and O–H groups in total. The van der Waals surface area contributed by atoms with Gasteiger partial charge in [-0.2, -0.15) is 22.0 Å². The molecule has 3 rings (SSSR count). The van der Waals surface area contributed by atoms with Crippen LogP contribution in [0.25, 0.3) is 0 Å². The number of rotatable bonds is 7. The van der Waals surface area contributed by atoms with Gasteiger partial charge in [0, 0.05) is 16.8 Å².